The second-order valence-corrected chi connectivity index (χ2v) is 7.29. The van der Waals surface area contributed by atoms with Gasteiger partial charge in [-0.3, -0.25) is 4.79 Å². The van der Waals surface area contributed by atoms with Crippen LogP contribution in [0.1, 0.15) is 46.2 Å². The third-order valence-electron chi connectivity index (χ3n) is 5.28. The maximum Gasteiger partial charge on any atom is 0.253 e. The fourth-order valence-electron chi connectivity index (χ4n) is 3.64. The van der Waals surface area contributed by atoms with E-state index >= 15 is 0 Å². The standard InChI is InChI=1S/C22H28FN3O4/c1-15-24-13-18(14-30-11-10-28-2)21(25-15)16-6-8-26(9-7-16)22(27)17-4-5-20(29-3)19(23)12-17/h4-5,12-13,16H,6-11,14H2,1-3H3. The Labute approximate surface area is 176 Å². The van der Waals surface area contributed by atoms with Crippen molar-refractivity contribution in [1.29, 1.82) is 0 Å². The van der Waals surface area contributed by atoms with E-state index in [2.05, 4.69) is 9.97 Å². The van der Waals surface area contributed by atoms with Gasteiger partial charge in [0.15, 0.2) is 11.6 Å². The lowest BCUT2D eigenvalue weighted by Gasteiger charge is -2.32. The van der Waals surface area contributed by atoms with Crippen molar-refractivity contribution in [2.24, 2.45) is 0 Å². The molecule has 0 N–H and O–H groups in total. The molecule has 0 aliphatic carbocycles. The highest BCUT2D eigenvalue weighted by Crippen LogP contribution is 2.30. The largest absolute Gasteiger partial charge is 0.494 e. The zero-order valence-corrected chi connectivity index (χ0v) is 17.7. The van der Waals surface area contributed by atoms with Crippen molar-refractivity contribution in [3.8, 4) is 5.75 Å². The molecule has 0 saturated carbocycles. The summed E-state index contributed by atoms with van der Waals surface area (Å²) in [5.41, 5.74) is 2.29. The minimum atomic E-state index is -0.534. The average Bonchev–Trinajstić information content (AvgIpc) is 2.77. The summed E-state index contributed by atoms with van der Waals surface area (Å²) < 4.78 is 29.6. The highest BCUT2D eigenvalue weighted by Gasteiger charge is 2.27. The number of carbonyl (C=O) groups excluding carboxylic acids is 1. The van der Waals surface area contributed by atoms with Crippen molar-refractivity contribution in [3.63, 3.8) is 0 Å². The summed E-state index contributed by atoms with van der Waals surface area (Å²) in [4.78, 5) is 23.5. The summed E-state index contributed by atoms with van der Waals surface area (Å²) >= 11 is 0. The summed E-state index contributed by atoms with van der Waals surface area (Å²) in [6.07, 6.45) is 3.39. The van der Waals surface area contributed by atoms with Gasteiger partial charge in [-0.15, -0.1) is 0 Å². The van der Waals surface area contributed by atoms with E-state index in [1.165, 1.54) is 19.2 Å². The minimum absolute atomic E-state index is 0.129. The molecule has 0 bridgehead atoms. The number of aryl methyl sites for hydroxylation is 1. The van der Waals surface area contributed by atoms with Crippen LogP contribution in [-0.4, -0.2) is 61.3 Å². The number of ether oxygens (including phenoxy) is 3. The molecule has 1 amide bonds. The Morgan fingerprint density at radius 2 is 2.00 bits per heavy atom. The number of hydrogen-bond donors (Lipinski definition) is 0. The van der Waals surface area contributed by atoms with Crippen molar-refractivity contribution in [2.45, 2.75) is 32.3 Å². The predicted octanol–water partition coefficient (Wildman–Crippen LogP) is 3.12. The molecular weight excluding hydrogens is 389 g/mol. The number of amides is 1. The van der Waals surface area contributed by atoms with Gasteiger partial charge in [-0.25, -0.2) is 14.4 Å². The molecule has 0 spiro atoms. The molecule has 2 aromatic rings. The molecule has 3 rings (SSSR count). The monoisotopic (exact) mass is 417 g/mol. The molecule has 1 aliphatic heterocycles. The minimum Gasteiger partial charge on any atom is -0.494 e. The number of benzene rings is 1. The van der Waals surface area contributed by atoms with E-state index in [0.29, 0.717) is 38.5 Å². The van der Waals surface area contributed by atoms with Crippen LogP contribution < -0.4 is 4.74 Å². The lowest BCUT2D eigenvalue weighted by Crippen LogP contribution is -2.38. The van der Waals surface area contributed by atoms with Crippen LogP contribution >= 0.6 is 0 Å². The Bertz CT molecular complexity index is 869. The fourth-order valence-corrected chi connectivity index (χ4v) is 3.64. The molecule has 0 unspecified atom stereocenters. The summed E-state index contributed by atoms with van der Waals surface area (Å²) in [6, 6.07) is 4.31. The van der Waals surface area contributed by atoms with Crippen molar-refractivity contribution in [2.75, 3.05) is 40.5 Å². The lowest BCUT2D eigenvalue weighted by atomic mass is 9.90. The van der Waals surface area contributed by atoms with Gasteiger partial charge in [0, 0.05) is 43.4 Å². The second kappa shape index (κ2) is 10.4. The molecule has 1 aromatic heterocycles. The van der Waals surface area contributed by atoms with Crippen LogP contribution in [0.15, 0.2) is 24.4 Å². The Morgan fingerprint density at radius 1 is 1.23 bits per heavy atom. The molecular formula is C22H28FN3O4. The van der Waals surface area contributed by atoms with Crippen molar-refractivity contribution in [1.82, 2.24) is 14.9 Å². The first kappa shape index (κ1) is 22.1. The van der Waals surface area contributed by atoms with E-state index in [-0.39, 0.29) is 17.6 Å². The fraction of sp³-hybridized carbons (Fsp3) is 0.500. The Morgan fingerprint density at radius 3 is 2.67 bits per heavy atom. The van der Waals surface area contributed by atoms with Crippen molar-refractivity contribution in [3.05, 3.63) is 52.9 Å². The molecule has 0 atom stereocenters. The normalized spacial score (nSPS) is 14.7. The molecule has 7 nitrogen and oxygen atoms in total. The van der Waals surface area contributed by atoms with Crippen LogP contribution in [0.2, 0.25) is 0 Å². The summed E-state index contributed by atoms with van der Waals surface area (Å²) in [5.74, 6) is 0.372. The first-order chi connectivity index (χ1) is 14.5. The van der Waals surface area contributed by atoms with E-state index in [0.717, 1.165) is 29.9 Å². The Hall–Kier alpha value is -2.58. The average molecular weight is 417 g/mol. The third-order valence-corrected chi connectivity index (χ3v) is 5.28. The Balaban J connectivity index is 1.64. The van der Waals surface area contributed by atoms with E-state index in [4.69, 9.17) is 14.2 Å². The number of piperidine rings is 1. The van der Waals surface area contributed by atoms with Crippen molar-refractivity contribution < 1.29 is 23.4 Å². The van der Waals surface area contributed by atoms with Gasteiger partial charge >= 0.3 is 0 Å². The van der Waals surface area contributed by atoms with Crippen LogP contribution in [-0.2, 0) is 16.1 Å². The van der Waals surface area contributed by atoms with E-state index in [9.17, 15) is 9.18 Å². The van der Waals surface area contributed by atoms with E-state index in [1.807, 2.05) is 13.1 Å². The highest BCUT2D eigenvalue weighted by atomic mass is 19.1. The van der Waals surface area contributed by atoms with Crippen molar-refractivity contribution >= 4 is 5.91 Å². The summed E-state index contributed by atoms with van der Waals surface area (Å²) in [6.45, 7) is 4.53. The van der Waals surface area contributed by atoms with Gasteiger partial charge in [-0.2, -0.15) is 0 Å². The van der Waals surface area contributed by atoms with Gasteiger partial charge in [-0.1, -0.05) is 0 Å². The Kier molecular flexibility index (Phi) is 7.70. The lowest BCUT2D eigenvalue weighted by molar-refractivity contribution is 0.0604. The first-order valence-electron chi connectivity index (χ1n) is 10.1. The van der Waals surface area contributed by atoms with Crippen LogP contribution in [0, 0.1) is 12.7 Å². The van der Waals surface area contributed by atoms with Crippen LogP contribution in [0.3, 0.4) is 0 Å². The summed E-state index contributed by atoms with van der Waals surface area (Å²) in [5, 5.41) is 0. The highest BCUT2D eigenvalue weighted by molar-refractivity contribution is 5.94. The predicted molar refractivity (Wildman–Crippen MR) is 109 cm³/mol. The van der Waals surface area contributed by atoms with Gasteiger partial charge in [0.1, 0.15) is 5.82 Å². The number of halogens is 1. The quantitative estimate of drug-likeness (QED) is 0.615. The van der Waals surface area contributed by atoms with Crippen LogP contribution in [0.5, 0.6) is 5.75 Å². The molecule has 8 heteroatoms. The maximum absolute atomic E-state index is 14.0. The van der Waals surface area contributed by atoms with E-state index in [1.54, 1.807) is 18.1 Å². The van der Waals surface area contributed by atoms with Crippen LogP contribution in [0.25, 0.3) is 0 Å². The molecule has 1 fully saturated rings. The smallest absolute Gasteiger partial charge is 0.253 e. The second-order valence-electron chi connectivity index (χ2n) is 7.29. The number of methoxy groups -OCH3 is 2. The van der Waals surface area contributed by atoms with Gasteiger partial charge in [0.25, 0.3) is 5.91 Å². The zero-order chi connectivity index (χ0) is 21.5. The third kappa shape index (κ3) is 5.31. The molecule has 2 heterocycles. The number of rotatable bonds is 8. The number of carbonyl (C=O) groups is 1. The maximum atomic E-state index is 14.0. The van der Waals surface area contributed by atoms with Gasteiger partial charge in [0.2, 0.25) is 0 Å². The SMILES string of the molecule is COCCOCc1cnc(C)nc1C1CCN(C(=O)c2ccc(OC)c(F)c2)CC1. The van der Waals surface area contributed by atoms with Gasteiger partial charge in [-0.05, 0) is 38.0 Å². The number of aromatic nitrogens is 2. The molecule has 1 aliphatic rings. The van der Waals surface area contributed by atoms with Crippen LogP contribution in [0.4, 0.5) is 4.39 Å². The van der Waals surface area contributed by atoms with Gasteiger partial charge < -0.3 is 19.1 Å². The number of likely N-dealkylation sites (tertiary alicyclic amines) is 1. The summed E-state index contributed by atoms with van der Waals surface area (Å²) in [7, 11) is 3.04. The molecule has 1 saturated heterocycles. The van der Waals surface area contributed by atoms with E-state index < -0.39 is 5.82 Å². The first-order valence-corrected chi connectivity index (χ1v) is 10.1. The molecule has 0 radical (unpaired) electrons. The number of nitrogens with zero attached hydrogens (tertiary/aromatic N) is 3. The van der Waals surface area contributed by atoms with Gasteiger partial charge in [0.05, 0.1) is 32.6 Å². The number of hydrogen-bond acceptors (Lipinski definition) is 6. The zero-order valence-electron chi connectivity index (χ0n) is 17.7. The molecule has 1 aromatic carbocycles. The molecule has 162 valence electrons. The topological polar surface area (TPSA) is 73.8 Å². The molecule has 30 heavy (non-hydrogen) atoms.